The Kier molecular flexibility index (Phi) is 3.76. The highest BCUT2D eigenvalue weighted by Crippen LogP contribution is 2.12. The van der Waals surface area contributed by atoms with Crippen LogP contribution >= 0.6 is 0 Å². The van der Waals surface area contributed by atoms with Crippen LogP contribution in [0.25, 0.3) is 0 Å². The number of nitrogens with zero attached hydrogens (tertiary/aromatic N) is 1. The Morgan fingerprint density at radius 2 is 1.84 bits per heavy atom. The van der Waals surface area contributed by atoms with Crippen molar-refractivity contribution < 1.29 is 13.2 Å². The van der Waals surface area contributed by atoms with E-state index in [2.05, 4.69) is 4.98 Å². The van der Waals surface area contributed by atoms with Crippen molar-refractivity contribution in [2.75, 3.05) is 6.26 Å². The topological polar surface area (TPSA) is 64.1 Å². The van der Waals surface area contributed by atoms with Gasteiger partial charge in [0.2, 0.25) is 0 Å². The fraction of sp³-hybridized carbons (Fsp3) is 0.143. The summed E-state index contributed by atoms with van der Waals surface area (Å²) >= 11 is 0. The molecule has 0 saturated carbocycles. The molecule has 0 amide bonds. The van der Waals surface area contributed by atoms with Gasteiger partial charge in [-0.1, -0.05) is 18.2 Å². The summed E-state index contributed by atoms with van der Waals surface area (Å²) in [7, 11) is -3.23. The first-order chi connectivity index (χ1) is 8.97. The van der Waals surface area contributed by atoms with E-state index in [0.717, 1.165) is 11.8 Å². The molecular weight excluding hydrogens is 262 g/mol. The van der Waals surface area contributed by atoms with Gasteiger partial charge < -0.3 is 0 Å². The maximum Gasteiger partial charge on any atom is 0.175 e. The summed E-state index contributed by atoms with van der Waals surface area (Å²) in [5.41, 5.74) is 1.33. The second-order valence-electron chi connectivity index (χ2n) is 4.26. The van der Waals surface area contributed by atoms with E-state index < -0.39 is 9.84 Å². The molecule has 0 radical (unpaired) electrons. The largest absolute Gasteiger partial charge is 0.294 e. The Labute approximate surface area is 112 Å². The number of carbonyl (C=O) groups is 1. The van der Waals surface area contributed by atoms with Gasteiger partial charge in [-0.2, -0.15) is 0 Å². The molecule has 1 heterocycles. The lowest BCUT2D eigenvalue weighted by Gasteiger charge is -2.02. The van der Waals surface area contributed by atoms with Crippen LogP contribution in [0.15, 0.2) is 53.7 Å². The molecule has 5 heteroatoms. The molecule has 0 fully saturated rings. The predicted molar refractivity (Wildman–Crippen MR) is 71.8 cm³/mol. The highest BCUT2D eigenvalue weighted by molar-refractivity contribution is 7.90. The number of pyridine rings is 1. The zero-order chi connectivity index (χ0) is 13.9. The standard InChI is InChI=1S/C14H13NO3S/c1-19(17,18)13-6-4-12(5-7-13)14(16)9-11-3-2-8-15-10-11/h2-8,10H,9H2,1H3. The third-order valence-corrected chi connectivity index (χ3v) is 3.82. The molecule has 0 aliphatic carbocycles. The maximum absolute atomic E-state index is 12.0. The number of benzene rings is 1. The highest BCUT2D eigenvalue weighted by atomic mass is 32.2. The molecule has 1 aromatic carbocycles. The van der Waals surface area contributed by atoms with E-state index >= 15 is 0 Å². The Morgan fingerprint density at radius 1 is 1.16 bits per heavy atom. The van der Waals surface area contributed by atoms with E-state index in [4.69, 9.17) is 0 Å². The number of sulfone groups is 1. The van der Waals surface area contributed by atoms with E-state index in [0.29, 0.717) is 5.56 Å². The van der Waals surface area contributed by atoms with Crippen LogP contribution in [-0.4, -0.2) is 25.4 Å². The number of aromatic nitrogens is 1. The van der Waals surface area contributed by atoms with Crippen molar-refractivity contribution >= 4 is 15.6 Å². The van der Waals surface area contributed by atoms with Crippen LogP contribution < -0.4 is 0 Å². The molecule has 98 valence electrons. The fourth-order valence-electron chi connectivity index (χ4n) is 1.68. The minimum atomic E-state index is -3.23. The Morgan fingerprint density at radius 3 is 2.37 bits per heavy atom. The Hall–Kier alpha value is -2.01. The average molecular weight is 275 g/mol. The van der Waals surface area contributed by atoms with Crippen molar-refractivity contribution in [1.29, 1.82) is 0 Å². The van der Waals surface area contributed by atoms with Crippen LogP contribution in [0.4, 0.5) is 0 Å². The Balaban J connectivity index is 2.17. The predicted octanol–water partition coefficient (Wildman–Crippen LogP) is 1.91. The third kappa shape index (κ3) is 3.48. The summed E-state index contributed by atoms with van der Waals surface area (Å²) < 4.78 is 22.6. The molecule has 0 aliphatic heterocycles. The first-order valence-corrected chi connectivity index (χ1v) is 7.58. The van der Waals surface area contributed by atoms with Crippen LogP contribution in [0.1, 0.15) is 15.9 Å². The molecule has 19 heavy (non-hydrogen) atoms. The number of hydrogen-bond donors (Lipinski definition) is 0. The van der Waals surface area contributed by atoms with Crippen LogP contribution in [0.3, 0.4) is 0 Å². The van der Waals surface area contributed by atoms with Crippen molar-refractivity contribution in [1.82, 2.24) is 4.98 Å². The molecule has 0 saturated heterocycles. The van der Waals surface area contributed by atoms with E-state index in [1.807, 2.05) is 6.07 Å². The van der Waals surface area contributed by atoms with Gasteiger partial charge in [-0.25, -0.2) is 8.42 Å². The summed E-state index contributed by atoms with van der Waals surface area (Å²) in [6.45, 7) is 0. The SMILES string of the molecule is CS(=O)(=O)c1ccc(C(=O)Cc2cccnc2)cc1. The lowest BCUT2D eigenvalue weighted by atomic mass is 10.0. The molecule has 0 aliphatic rings. The average Bonchev–Trinajstić information content (AvgIpc) is 2.39. The summed E-state index contributed by atoms with van der Waals surface area (Å²) in [5.74, 6) is -0.0620. The smallest absolute Gasteiger partial charge is 0.175 e. The zero-order valence-corrected chi connectivity index (χ0v) is 11.2. The lowest BCUT2D eigenvalue weighted by molar-refractivity contribution is 0.0993. The summed E-state index contributed by atoms with van der Waals surface area (Å²) in [6.07, 6.45) is 4.68. The molecule has 0 bridgehead atoms. The number of carbonyl (C=O) groups excluding carboxylic acids is 1. The molecule has 0 atom stereocenters. The van der Waals surface area contributed by atoms with E-state index in [1.54, 1.807) is 18.5 Å². The van der Waals surface area contributed by atoms with Crippen LogP contribution in [0, 0.1) is 0 Å². The third-order valence-electron chi connectivity index (χ3n) is 2.69. The second kappa shape index (κ2) is 5.32. The van der Waals surface area contributed by atoms with Gasteiger partial charge in [-0.15, -0.1) is 0 Å². The lowest BCUT2D eigenvalue weighted by Crippen LogP contribution is -2.04. The summed E-state index contributed by atoms with van der Waals surface area (Å²) in [4.78, 5) is 16.2. The number of ketones is 1. The van der Waals surface area contributed by atoms with Gasteiger partial charge in [0.1, 0.15) is 0 Å². The van der Waals surface area contributed by atoms with Gasteiger partial charge in [-0.3, -0.25) is 9.78 Å². The van der Waals surface area contributed by atoms with Crippen molar-refractivity contribution in [2.24, 2.45) is 0 Å². The van der Waals surface area contributed by atoms with Gasteiger partial charge in [-0.05, 0) is 23.8 Å². The second-order valence-corrected chi connectivity index (χ2v) is 6.27. The molecule has 0 N–H and O–H groups in total. The summed E-state index contributed by atoms with van der Waals surface area (Å²) in [5, 5.41) is 0. The van der Waals surface area contributed by atoms with Crippen molar-refractivity contribution in [2.45, 2.75) is 11.3 Å². The number of Topliss-reactive ketones (excluding diaryl/α,β-unsaturated/α-hetero) is 1. The molecule has 0 unspecified atom stereocenters. The first-order valence-electron chi connectivity index (χ1n) is 5.69. The van der Waals surface area contributed by atoms with Crippen molar-refractivity contribution in [3.8, 4) is 0 Å². The zero-order valence-electron chi connectivity index (χ0n) is 10.4. The van der Waals surface area contributed by atoms with Crippen LogP contribution in [0.5, 0.6) is 0 Å². The first kappa shape index (κ1) is 13.4. The number of rotatable bonds is 4. The van der Waals surface area contributed by atoms with Gasteiger partial charge in [0, 0.05) is 30.6 Å². The molecule has 4 nitrogen and oxygen atoms in total. The van der Waals surface area contributed by atoms with Crippen LogP contribution in [-0.2, 0) is 16.3 Å². The fourth-order valence-corrected chi connectivity index (χ4v) is 2.31. The van der Waals surface area contributed by atoms with E-state index in [-0.39, 0.29) is 17.1 Å². The van der Waals surface area contributed by atoms with Crippen LogP contribution in [0.2, 0.25) is 0 Å². The van der Waals surface area contributed by atoms with Gasteiger partial charge >= 0.3 is 0 Å². The molecule has 2 rings (SSSR count). The van der Waals surface area contributed by atoms with Crippen molar-refractivity contribution in [3.63, 3.8) is 0 Å². The normalized spacial score (nSPS) is 11.2. The van der Waals surface area contributed by atoms with Crippen molar-refractivity contribution in [3.05, 3.63) is 59.9 Å². The summed E-state index contributed by atoms with van der Waals surface area (Å²) in [6, 6.07) is 9.58. The van der Waals surface area contributed by atoms with E-state index in [9.17, 15) is 13.2 Å². The highest BCUT2D eigenvalue weighted by Gasteiger charge is 2.10. The molecule has 2 aromatic rings. The Bertz CT molecular complexity index is 676. The minimum Gasteiger partial charge on any atom is -0.294 e. The molecular formula is C14H13NO3S. The van der Waals surface area contributed by atoms with Gasteiger partial charge in [0.15, 0.2) is 15.6 Å². The van der Waals surface area contributed by atoms with Gasteiger partial charge in [0.05, 0.1) is 4.90 Å². The maximum atomic E-state index is 12.0. The minimum absolute atomic E-state index is 0.0620. The number of hydrogen-bond acceptors (Lipinski definition) is 4. The molecule has 0 spiro atoms. The van der Waals surface area contributed by atoms with Gasteiger partial charge in [0.25, 0.3) is 0 Å². The van der Waals surface area contributed by atoms with E-state index in [1.165, 1.54) is 24.3 Å². The monoisotopic (exact) mass is 275 g/mol. The quantitative estimate of drug-likeness (QED) is 0.800. The molecule has 1 aromatic heterocycles.